The molecule has 0 spiro atoms. The summed E-state index contributed by atoms with van der Waals surface area (Å²) in [5.41, 5.74) is 2.38. The summed E-state index contributed by atoms with van der Waals surface area (Å²) < 4.78 is 25.1. The van der Waals surface area contributed by atoms with Gasteiger partial charge in [-0.2, -0.15) is 0 Å². The molecule has 0 aliphatic carbocycles. The van der Waals surface area contributed by atoms with Gasteiger partial charge in [0, 0.05) is 30.6 Å². The molecule has 1 aliphatic rings. The largest absolute Gasteiger partial charge is 0.496 e. The van der Waals surface area contributed by atoms with Crippen LogP contribution in [0.4, 0.5) is 4.39 Å². The third kappa shape index (κ3) is 4.68. The molecule has 0 atom stereocenters. The number of ether oxygens (including phenoxy) is 2. The third-order valence-electron chi connectivity index (χ3n) is 4.94. The Hall–Kier alpha value is -2.89. The van der Waals surface area contributed by atoms with E-state index >= 15 is 0 Å². The van der Waals surface area contributed by atoms with E-state index in [9.17, 15) is 14.0 Å². The van der Waals surface area contributed by atoms with Crippen molar-refractivity contribution in [2.45, 2.75) is 32.7 Å². The van der Waals surface area contributed by atoms with Crippen molar-refractivity contribution in [1.82, 2.24) is 4.90 Å². The summed E-state index contributed by atoms with van der Waals surface area (Å²) in [7, 11) is 1.56. The normalized spacial score (nSPS) is 13.0. The fourth-order valence-corrected chi connectivity index (χ4v) is 3.32. The van der Waals surface area contributed by atoms with Crippen molar-refractivity contribution >= 4 is 11.7 Å². The van der Waals surface area contributed by atoms with Gasteiger partial charge in [0.2, 0.25) is 0 Å². The number of rotatable bonds is 7. The van der Waals surface area contributed by atoms with Crippen LogP contribution in [0.25, 0.3) is 0 Å². The van der Waals surface area contributed by atoms with Crippen molar-refractivity contribution < 1.29 is 23.5 Å². The SMILES string of the molecule is COc1ccc(F)c2c1CCN(C(=O)COc1ccc(CCC(C)=O)cc1)C2. The standard InChI is InChI=1S/C22H24FNO4/c1-15(25)3-4-16-5-7-17(8-6-16)28-14-22(26)24-12-11-18-19(13-24)20(23)9-10-21(18)27-2/h5-10H,3-4,11-14H2,1-2H3. The van der Waals surface area contributed by atoms with Gasteiger partial charge in [-0.05, 0) is 49.6 Å². The third-order valence-corrected chi connectivity index (χ3v) is 4.94. The Morgan fingerprint density at radius 3 is 2.54 bits per heavy atom. The van der Waals surface area contributed by atoms with Gasteiger partial charge in [0.05, 0.1) is 7.11 Å². The van der Waals surface area contributed by atoms with E-state index in [0.29, 0.717) is 42.9 Å². The minimum absolute atomic E-state index is 0.103. The van der Waals surface area contributed by atoms with Gasteiger partial charge < -0.3 is 19.2 Å². The number of methoxy groups -OCH3 is 1. The molecule has 6 heteroatoms. The van der Waals surface area contributed by atoms with Crippen molar-refractivity contribution in [3.8, 4) is 11.5 Å². The number of hydrogen-bond acceptors (Lipinski definition) is 4. The summed E-state index contributed by atoms with van der Waals surface area (Å²) in [6.07, 6.45) is 1.75. The zero-order valence-corrected chi connectivity index (χ0v) is 16.2. The van der Waals surface area contributed by atoms with Gasteiger partial charge in [0.15, 0.2) is 6.61 Å². The first-order valence-electron chi connectivity index (χ1n) is 9.31. The predicted molar refractivity (Wildman–Crippen MR) is 103 cm³/mol. The van der Waals surface area contributed by atoms with Crippen LogP contribution in [-0.4, -0.2) is 36.9 Å². The molecular formula is C22H24FNO4. The first kappa shape index (κ1) is 19.9. The van der Waals surface area contributed by atoms with Gasteiger partial charge in [-0.15, -0.1) is 0 Å². The van der Waals surface area contributed by atoms with E-state index in [1.165, 1.54) is 6.07 Å². The maximum absolute atomic E-state index is 14.2. The molecule has 5 nitrogen and oxygen atoms in total. The molecule has 0 bridgehead atoms. The summed E-state index contributed by atoms with van der Waals surface area (Å²) in [5, 5.41) is 0. The molecule has 1 heterocycles. The number of hydrogen-bond donors (Lipinski definition) is 0. The number of nitrogens with zero attached hydrogens (tertiary/aromatic N) is 1. The van der Waals surface area contributed by atoms with Crippen molar-refractivity contribution in [2.75, 3.05) is 20.3 Å². The quantitative estimate of drug-likeness (QED) is 0.734. The Labute approximate surface area is 164 Å². The van der Waals surface area contributed by atoms with Crippen molar-refractivity contribution in [3.05, 3.63) is 58.9 Å². The number of halogens is 1. The second-order valence-corrected chi connectivity index (χ2v) is 6.91. The van der Waals surface area contributed by atoms with E-state index in [2.05, 4.69) is 0 Å². The van der Waals surface area contributed by atoms with Crippen LogP contribution < -0.4 is 9.47 Å². The number of amides is 1. The summed E-state index contributed by atoms with van der Waals surface area (Å²) in [5.74, 6) is 0.891. The molecule has 0 fully saturated rings. The molecule has 0 saturated heterocycles. The molecular weight excluding hydrogens is 361 g/mol. The Balaban J connectivity index is 1.57. The molecule has 2 aromatic carbocycles. The molecule has 1 aliphatic heterocycles. The predicted octanol–water partition coefficient (Wildman–Crippen LogP) is 3.32. The Morgan fingerprint density at radius 1 is 1.11 bits per heavy atom. The summed E-state index contributed by atoms with van der Waals surface area (Å²) in [6, 6.07) is 10.4. The second kappa shape index (κ2) is 8.87. The maximum Gasteiger partial charge on any atom is 0.260 e. The summed E-state index contributed by atoms with van der Waals surface area (Å²) >= 11 is 0. The lowest BCUT2D eigenvalue weighted by molar-refractivity contribution is -0.134. The smallest absolute Gasteiger partial charge is 0.260 e. The molecule has 0 N–H and O–H groups in total. The van der Waals surface area contributed by atoms with Crippen LogP contribution in [0.1, 0.15) is 30.0 Å². The molecule has 0 radical (unpaired) electrons. The average molecular weight is 385 g/mol. The fourth-order valence-electron chi connectivity index (χ4n) is 3.32. The Bertz CT molecular complexity index is 864. The lowest BCUT2D eigenvalue weighted by Gasteiger charge is -2.30. The van der Waals surface area contributed by atoms with Crippen LogP contribution in [0, 0.1) is 5.82 Å². The van der Waals surface area contributed by atoms with Crippen molar-refractivity contribution in [2.24, 2.45) is 0 Å². The van der Waals surface area contributed by atoms with Crippen LogP contribution >= 0.6 is 0 Å². The lowest BCUT2D eigenvalue weighted by Crippen LogP contribution is -2.39. The van der Waals surface area contributed by atoms with Crippen molar-refractivity contribution in [3.63, 3.8) is 0 Å². The highest BCUT2D eigenvalue weighted by atomic mass is 19.1. The monoisotopic (exact) mass is 385 g/mol. The van der Waals surface area contributed by atoms with Gasteiger partial charge in [-0.25, -0.2) is 4.39 Å². The van der Waals surface area contributed by atoms with E-state index in [-0.39, 0.29) is 30.7 Å². The molecule has 0 saturated carbocycles. The number of benzene rings is 2. The highest BCUT2D eigenvalue weighted by Gasteiger charge is 2.25. The number of fused-ring (bicyclic) bond motifs is 1. The lowest BCUT2D eigenvalue weighted by atomic mass is 9.98. The zero-order valence-electron chi connectivity index (χ0n) is 16.2. The number of Topliss-reactive ketones (excluding diaryl/α,β-unsaturated/α-hetero) is 1. The average Bonchev–Trinajstić information content (AvgIpc) is 2.71. The first-order chi connectivity index (χ1) is 13.5. The second-order valence-electron chi connectivity index (χ2n) is 6.91. The molecule has 0 unspecified atom stereocenters. The van der Waals surface area contributed by atoms with Gasteiger partial charge in [-0.3, -0.25) is 4.79 Å². The maximum atomic E-state index is 14.2. The fraction of sp³-hybridized carbons (Fsp3) is 0.364. The molecule has 2 aromatic rings. The minimum atomic E-state index is -0.324. The van der Waals surface area contributed by atoms with Gasteiger partial charge in [0.25, 0.3) is 5.91 Å². The minimum Gasteiger partial charge on any atom is -0.496 e. The molecule has 1 amide bonds. The Morgan fingerprint density at radius 2 is 1.86 bits per heavy atom. The summed E-state index contributed by atoms with van der Waals surface area (Å²) in [6.45, 7) is 2.18. The highest BCUT2D eigenvalue weighted by Crippen LogP contribution is 2.30. The van der Waals surface area contributed by atoms with E-state index in [4.69, 9.17) is 9.47 Å². The van der Waals surface area contributed by atoms with E-state index in [1.54, 1.807) is 37.1 Å². The zero-order chi connectivity index (χ0) is 20.1. The van der Waals surface area contributed by atoms with Crippen LogP contribution in [-0.2, 0) is 29.0 Å². The van der Waals surface area contributed by atoms with E-state index in [1.807, 2.05) is 12.1 Å². The topological polar surface area (TPSA) is 55.8 Å². The first-order valence-corrected chi connectivity index (χ1v) is 9.31. The van der Waals surface area contributed by atoms with Crippen LogP contribution in [0.15, 0.2) is 36.4 Å². The number of carbonyl (C=O) groups excluding carboxylic acids is 2. The van der Waals surface area contributed by atoms with Crippen LogP contribution in [0.5, 0.6) is 11.5 Å². The molecule has 0 aromatic heterocycles. The summed E-state index contributed by atoms with van der Waals surface area (Å²) in [4.78, 5) is 25.2. The van der Waals surface area contributed by atoms with E-state index in [0.717, 1.165) is 11.1 Å². The van der Waals surface area contributed by atoms with Gasteiger partial charge in [0.1, 0.15) is 23.1 Å². The Kier molecular flexibility index (Phi) is 6.29. The van der Waals surface area contributed by atoms with Crippen molar-refractivity contribution in [1.29, 1.82) is 0 Å². The molecule has 3 rings (SSSR count). The van der Waals surface area contributed by atoms with Crippen LogP contribution in [0.3, 0.4) is 0 Å². The van der Waals surface area contributed by atoms with Gasteiger partial charge in [-0.1, -0.05) is 12.1 Å². The number of ketones is 1. The molecule has 148 valence electrons. The van der Waals surface area contributed by atoms with Crippen LogP contribution in [0.2, 0.25) is 0 Å². The molecule has 28 heavy (non-hydrogen) atoms. The number of carbonyl (C=O) groups is 2. The van der Waals surface area contributed by atoms with E-state index < -0.39 is 0 Å². The highest BCUT2D eigenvalue weighted by molar-refractivity contribution is 5.78. The van der Waals surface area contributed by atoms with Gasteiger partial charge >= 0.3 is 0 Å². The number of aryl methyl sites for hydroxylation is 1.